The van der Waals surface area contributed by atoms with Crippen molar-refractivity contribution in [2.45, 2.75) is 12.5 Å². The average molecular weight is 286 g/mol. The fraction of sp³-hybridized carbons (Fsp3) is 0.235. The summed E-state index contributed by atoms with van der Waals surface area (Å²) < 4.78 is 0. The van der Waals surface area contributed by atoms with E-state index >= 15 is 0 Å². The number of amides is 1. The molecular weight excluding hydrogens is 270 g/mol. The van der Waals surface area contributed by atoms with Crippen LogP contribution in [0.4, 0.5) is 0 Å². The van der Waals surface area contributed by atoms with Crippen molar-refractivity contribution in [1.29, 1.82) is 0 Å². The first kappa shape index (κ1) is 13.2. The first-order chi connectivity index (χ1) is 9.81. The molecule has 1 heterocycles. The lowest BCUT2D eigenvalue weighted by Gasteiger charge is -2.37. The van der Waals surface area contributed by atoms with Crippen molar-refractivity contribution < 1.29 is 4.79 Å². The normalized spacial score (nSPS) is 17.6. The van der Waals surface area contributed by atoms with E-state index in [1.54, 1.807) is 0 Å². The Morgan fingerprint density at radius 3 is 2.55 bits per heavy atom. The maximum atomic E-state index is 12.2. The van der Waals surface area contributed by atoms with Gasteiger partial charge in [0.05, 0.1) is 6.04 Å². The summed E-state index contributed by atoms with van der Waals surface area (Å²) in [7, 11) is 0. The molecule has 1 atom stereocenters. The molecule has 0 unspecified atom stereocenters. The molecule has 0 saturated carbocycles. The van der Waals surface area contributed by atoms with Gasteiger partial charge in [-0.3, -0.25) is 4.79 Å². The third-order valence-electron chi connectivity index (χ3n) is 3.83. The van der Waals surface area contributed by atoms with E-state index in [0.29, 0.717) is 0 Å². The first-order valence-corrected chi connectivity index (χ1v) is 7.33. The Hall–Kier alpha value is -1.80. The van der Waals surface area contributed by atoms with Gasteiger partial charge in [0.2, 0.25) is 5.91 Å². The summed E-state index contributed by atoms with van der Waals surface area (Å²) in [4.78, 5) is 14.0. The highest BCUT2D eigenvalue weighted by Gasteiger charge is 2.31. The van der Waals surface area contributed by atoms with Crippen LogP contribution >= 0.6 is 11.6 Å². The SMILES string of the molecule is O=C(CCl)N1CCc2ccccc2[C@H]1c1ccccc1. The molecule has 0 spiro atoms. The number of benzene rings is 2. The van der Waals surface area contributed by atoms with Crippen molar-refractivity contribution in [2.75, 3.05) is 12.4 Å². The molecule has 0 fully saturated rings. The van der Waals surface area contributed by atoms with Crippen molar-refractivity contribution in [2.24, 2.45) is 0 Å². The van der Waals surface area contributed by atoms with Gasteiger partial charge in [-0.2, -0.15) is 0 Å². The monoisotopic (exact) mass is 285 g/mol. The van der Waals surface area contributed by atoms with E-state index < -0.39 is 0 Å². The van der Waals surface area contributed by atoms with E-state index in [0.717, 1.165) is 18.5 Å². The molecule has 0 aromatic heterocycles. The van der Waals surface area contributed by atoms with Crippen molar-refractivity contribution in [1.82, 2.24) is 4.90 Å². The topological polar surface area (TPSA) is 20.3 Å². The van der Waals surface area contributed by atoms with Crippen LogP contribution in [0.1, 0.15) is 22.7 Å². The number of carbonyl (C=O) groups is 1. The number of fused-ring (bicyclic) bond motifs is 1. The van der Waals surface area contributed by atoms with E-state index in [1.807, 2.05) is 29.2 Å². The zero-order valence-electron chi connectivity index (χ0n) is 11.1. The lowest BCUT2D eigenvalue weighted by molar-refractivity contribution is -0.130. The molecule has 20 heavy (non-hydrogen) atoms. The Labute approximate surface area is 124 Å². The number of rotatable bonds is 2. The molecule has 102 valence electrons. The number of halogens is 1. The summed E-state index contributed by atoms with van der Waals surface area (Å²) in [6, 6.07) is 18.5. The van der Waals surface area contributed by atoms with Gasteiger partial charge in [-0.05, 0) is 23.1 Å². The molecule has 3 heteroatoms. The second-order valence-corrected chi connectivity index (χ2v) is 5.25. The maximum absolute atomic E-state index is 12.2. The molecule has 0 saturated heterocycles. The molecular formula is C17H16ClNO. The van der Waals surface area contributed by atoms with Gasteiger partial charge in [0.15, 0.2) is 0 Å². The highest BCUT2D eigenvalue weighted by Crippen LogP contribution is 2.35. The fourth-order valence-electron chi connectivity index (χ4n) is 2.91. The lowest BCUT2D eigenvalue weighted by atomic mass is 9.88. The molecule has 3 rings (SSSR count). The van der Waals surface area contributed by atoms with Crippen LogP contribution in [0.15, 0.2) is 54.6 Å². The summed E-state index contributed by atoms with van der Waals surface area (Å²) in [5, 5.41) is 0. The Balaban J connectivity index is 2.10. The van der Waals surface area contributed by atoms with Crippen LogP contribution in [0.25, 0.3) is 0 Å². The van der Waals surface area contributed by atoms with Crippen LogP contribution in [-0.4, -0.2) is 23.2 Å². The molecule has 2 aromatic rings. The van der Waals surface area contributed by atoms with E-state index in [9.17, 15) is 4.79 Å². The van der Waals surface area contributed by atoms with Crippen molar-refractivity contribution in [3.05, 3.63) is 71.3 Å². The Morgan fingerprint density at radius 1 is 1.10 bits per heavy atom. The van der Waals surface area contributed by atoms with Gasteiger partial charge in [0.25, 0.3) is 0 Å². The quantitative estimate of drug-likeness (QED) is 0.775. The summed E-state index contributed by atoms with van der Waals surface area (Å²) in [6.45, 7) is 0.724. The number of alkyl halides is 1. The van der Waals surface area contributed by atoms with Crippen LogP contribution in [-0.2, 0) is 11.2 Å². The third kappa shape index (κ3) is 2.32. The van der Waals surface area contributed by atoms with Crippen LogP contribution in [0.2, 0.25) is 0 Å². The van der Waals surface area contributed by atoms with Gasteiger partial charge in [-0.15, -0.1) is 11.6 Å². The number of carbonyl (C=O) groups excluding carboxylic acids is 1. The third-order valence-corrected chi connectivity index (χ3v) is 4.06. The van der Waals surface area contributed by atoms with Gasteiger partial charge in [-0.1, -0.05) is 54.6 Å². The Bertz CT molecular complexity index is 611. The summed E-state index contributed by atoms with van der Waals surface area (Å²) in [5.74, 6) is 0.0286. The van der Waals surface area contributed by atoms with Crippen LogP contribution in [0, 0.1) is 0 Å². The fourth-order valence-corrected chi connectivity index (χ4v) is 3.06. The van der Waals surface area contributed by atoms with Crippen LogP contribution in [0.5, 0.6) is 0 Å². The summed E-state index contributed by atoms with van der Waals surface area (Å²) in [6.07, 6.45) is 0.891. The molecule has 2 aromatic carbocycles. The predicted octanol–water partition coefficient (Wildman–Crippen LogP) is 3.40. The van der Waals surface area contributed by atoms with Gasteiger partial charge >= 0.3 is 0 Å². The number of hydrogen-bond acceptors (Lipinski definition) is 1. The molecule has 0 bridgehead atoms. The zero-order chi connectivity index (χ0) is 13.9. The Morgan fingerprint density at radius 2 is 1.80 bits per heavy atom. The van der Waals surface area contributed by atoms with Gasteiger partial charge in [0.1, 0.15) is 5.88 Å². The van der Waals surface area contributed by atoms with Crippen LogP contribution in [0.3, 0.4) is 0 Å². The standard InChI is InChI=1S/C17H16ClNO/c18-12-16(20)19-11-10-13-6-4-5-9-15(13)17(19)14-7-2-1-3-8-14/h1-9,17H,10-12H2/t17-/m1/s1. The highest BCUT2D eigenvalue weighted by molar-refractivity contribution is 6.27. The molecule has 0 radical (unpaired) electrons. The number of hydrogen-bond donors (Lipinski definition) is 0. The predicted molar refractivity (Wildman–Crippen MR) is 80.9 cm³/mol. The molecule has 1 amide bonds. The first-order valence-electron chi connectivity index (χ1n) is 6.79. The minimum Gasteiger partial charge on any atom is -0.330 e. The molecule has 1 aliphatic heterocycles. The van der Waals surface area contributed by atoms with E-state index in [4.69, 9.17) is 11.6 Å². The van der Waals surface area contributed by atoms with Crippen molar-refractivity contribution in [3.63, 3.8) is 0 Å². The highest BCUT2D eigenvalue weighted by atomic mass is 35.5. The second-order valence-electron chi connectivity index (χ2n) is 4.98. The second kappa shape index (κ2) is 5.68. The lowest BCUT2D eigenvalue weighted by Crippen LogP contribution is -2.41. The summed E-state index contributed by atoms with van der Waals surface area (Å²) in [5.41, 5.74) is 3.67. The van der Waals surface area contributed by atoms with E-state index in [2.05, 4.69) is 30.3 Å². The number of nitrogens with zero attached hydrogens (tertiary/aromatic N) is 1. The molecule has 0 aliphatic carbocycles. The van der Waals surface area contributed by atoms with Crippen LogP contribution < -0.4 is 0 Å². The van der Waals surface area contributed by atoms with Crippen molar-refractivity contribution in [3.8, 4) is 0 Å². The minimum absolute atomic E-state index is 0.00461. The minimum atomic E-state index is -0.0209. The average Bonchev–Trinajstić information content (AvgIpc) is 2.53. The molecule has 0 N–H and O–H groups in total. The Kier molecular flexibility index (Phi) is 3.75. The van der Waals surface area contributed by atoms with E-state index in [-0.39, 0.29) is 17.8 Å². The molecule has 1 aliphatic rings. The maximum Gasteiger partial charge on any atom is 0.238 e. The van der Waals surface area contributed by atoms with E-state index in [1.165, 1.54) is 11.1 Å². The summed E-state index contributed by atoms with van der Waals surface area (Å²) >= 11 is 5.77. The smallest absolute Gasteiger partial charge is 0.238 e. The largest absolute Gasteiger partial charge is 0.330 e. The zero-order valence-corrected chi connectivity index (χ0v) is 11.9. The van der Waals surface area contributed by atoms with Gasteiger partial charge < -0.3 is 4.90 Å². The molecule has 2 nitrogen and oxygen atoms in total. The van der Waals surface area contributed by atoms with Crippen molar-refractivity contribution >= 4 is 17.5 Å². The van der Waals surface area contributed by atoms with Gasteiger partial charge in [-0.25, -0.2) is 0 Å². The van der Waals surface area contributed by atoms with Gasteiger partial charge in [0, 0.05) is 6.54 Å².